The summed E-state index contributed by atoms with van der Waals surface area (Å²) in [6, 6.07) is 6.24. The van der Waals surface area contributed by atoms with Gasteiger partial charge in [-0.3, -0.25) is 19.4 Å². The molecule has 1 aromatic heterocycles. The van der Waals surface area contributed by atoms with E-state index in [9.17, 15) is 19.2 Å². The van der Waals surface area contributed by atoms with E-state index in [-0.39, 0.29) is 40.3 Å². The monoisotopic (exact) mass is 636 g/mol. The summed E-state index contributed by atoms with van der Waals surface area (Å²) < 4.78 is 5.73. The van der Waals surface area contributed by atoms with E-state index in [1.165, 1.54) is 19.3 Å². The summed E-state index contributed by atoms with van der Waals surface area (Å²) in [5, 5.41) is 6.31. The fourth-order valence-corrected chi connectivity index (χ4v) is 6.27. The van der Waals surface area contributed by atoms with Gasteiger partial charge in [0.1, 0.15) is 6.04 Å². The van der Waals surface area contributed by atoms with Crippen LogP contribution in [0, 0.1) is 5.41 Å². The van der Waals surface area contributed by atoms with Crippen LogP contribution in [0.1, 0.15) is 42.6 Å². The maximum Gasteiger partial charge on any atom is 0.328 e. The molecule has 1 aliphatic carbocycles. The van der Waals surface area contributed by atoms with E-state index in [4.69, 9.17) is 27.9 Å². The fourth-order valence-electron chi connectivity index (χ4n) is 4.86. The van der Waals surface area contributed by atoms with Gasteiger partial charge in [-0.05, 0) is 53.4 Å². The predicted octanol–water partition coefficient (Wildman–Crippen LogP) is 4.52. The fraction of sp³-hybridized carbons (Fsp3) is 0.370. The Hall–Kier alpha value is -2.95. The van der Waals surface area contributed by atoms with Crippen LogP contribution in [-0.2, 0) is 25.5 Å². The van der Waals surface area contributed by atoms with Crippen molar-refractivity contribution in [2.75, 3.05) is 25.0 Å². The molecule has 1 aliphatic heterocycles. The lowest BCUT2D eigenvalue weighted by atomic mass is 9.64. The zero-order chi connectivity index (χ0) is 28.3. The SMILES string of the molecule is CCOC(=O)[C@H](Cc1ccc(NC(=O)c2c(Cl)cncc2Cl)cc1)NC1=C(Br)C(=O)C12CCN(C(C)=O)CC2. The van der Waals surface area contributed by atoms with Crippen LogP contribution in [-0.4, -0.2) is 59.2 Å². The standard InChI is InChI=1S/C27H27BrCl2N4O5/c1-3-39-26(38)20(33-23-22(28)24(36)27(23)8-10-34(11-9-27)15(2)35)12-16-4-6-17(7-5-16)32-25(37)21-18(29)13-31-14-19(21)30/h4-7,13-14,20,33H,3,8-12H2,1-2H3,(H,32,37)/t20-/m0/s1. The van der Waals surface area contributed by atoms with E-state index >= 15 is 0 Å². The number of allylic oxidation sites excluding steroid dienone is 2. The molecule has 2 amide bonds. The van der Waals surface area contributed by atoms with Crippen molar-refractivity contribution in [3.63, 3.8) is 0 Å². The first-order chi connectivity index (χ1) is 18.6. The number of piperidine rings is 1. The summed E-state index contributed by atoms with van der Waals surface area (Å²) in [6.45, 7) is 4.40. The minimum Gasteiger partial charge on any atom is -0.464 e. The number of nitrogens with one attached hydrogen (secondary N) is 2. The highest BCUT2D eigenvalue weighted by Gasteiger charge is 2.55. The molecule has 1 fully saturated rings. The van der Waals surface area contributed by atoms with Crippen LogP contribution in [0.2, 0.25) is 10.0 Å². The van der Waals surface area contributed by atoms with Gasteiger partial charge in [0.2, 0.25) is 5.91 Å². The number of rotatable bonds is 8. The van der Waals surface area contributed by atoms with Crippen LogP contribution in [0.5, 0.6) is 0 Å². The van der Waals surface area contributed by atoms with Crippen LogP contribution < -0.4 is 10.6 Å². The number of ether oxygens (including phenoxy) is 1. The van der Waals surface area contributed by atoms with Crippen LogP contribution in [0.3, 0.4) is 0 Å². The number of carbonyl (C=O) groups is 4. The largest absolute Gasteiger partial charge is 0.464 e. The Morgan fingerprint density at radius 2 is 1.74 bits per heavy atom. The average Bonchev–Trinajstić information content (AvgIpc) is 2.91. The lowest BCUT2D eigenvalue weighted by Gasteiger charge is -2.48. The molecule has 9 nitrogen and oxygen atoms in total. The highest BCUT2D eigenvalue weighted by atomic mass is 79.9. The highest BCUT2D eigenvalue weighted by Crippen LogP contribution is 2.51. The number of esters is 1. The number of hydrogen-bond acceptors (Lipinski definition) is 7. The lowest BCUT2D eigenvalue weighted by Crippen LogP contribution is -2.57. The van der Waals surface area contributed by atoms with Crippen LogP contribution in [0.4, 0.5) is 5.69 Å². The van der Waals surface area contributed by atoms with E-state index in [1.54, 1.807) is 36.1 Å². The first kappa shape index (κ1) is 29.0. The van der Waals surface area contributed by atoms with Crippen LogP contribution >= 0.6 is 39.1 Å². The van der Waals surface area contributed by atoms with Crippen molar-refractivity contribution in [3.8, 4) is 0 Å². The molecular weight excluding hydrogens is 611 g/mol. The van der Waals surface area contributed by atoms with Crippen molar-refractivity contribution in [1.29, 1.82) is 0 Å². The third-order valence-corrected chi connectivity index (χ3v) is 8.35. The van der Waals surface area contributed by atoms with Gasteiger partial charge in [-0.1, -0.05) is 35.3 Å². The number of hydrogen-bond donors (Lipinski definition) is 2. The minimum atomic E-state index is -0.752. The normalized spacial score (nSPS) is 16.9. The molecule has 12 heteroatoms. The number of benzene rings is 1. The number of aromatic nitrogens is 1. The number of nitrogens with zero attached hydrogens (tertiary/aromatic N) is 2. The first-order valence-electron chi connectivity index (χ1n) is 12.4. The van der Waals surface area contributed by atoms with Gasteiger partial charge in [-0.25, -0.2) is 4.79 Å². The summed E-state index contributed by atoms with van der Waals surface area (Å²) in [4.78, 5) is 55.8. The number of anilines is 1. The lowest BCUT2D eigenvalue weighted by molar-refractivity contribution is -0.146. The summed E-state index contributed by atoms with van der Waals surface area (Å²) in [5.74, 6) is -0.963. The van der Waals surface area contributed by atoms with Gasteiger partial charge in [0, 0.05) is 50.2 Å². The molecule has 2 heterocycles. The Morgan fingerprint density at radius 3 is 2.31 bits per heavy atom. The van der Waals surface area contributed by atoms with E-state index in [1.807, 2.05) is 0 Å². The van der Waals surface area contributed by atoms with E-state index < -0.39 is 23.3 Å². The Labute approximate surface area is 244 Å². The Balaban J connectivity index is 1.48. The van der Waals surface area contributed by atoms with Crippen LogP contribution in [0.25, 0.3) is 0 Å². The third-order valence-electron chi connectivity index (χ3n) is 7.02. The Kier molecular flexibility index (Phi) is 8.98. The number of pyridine rings is 1. The maximum absolute atomic E-state index is 12.9. The number of Topliss-reactive ketones (excluding diaryl/α,β-unsaturated/α-hetero) is 1. The summed E-state index contributed by atoms with van der Waals surface area (Å²) in [7, 11) is 0. The molecule has 1 saturated heterocycles. The van der Waals surface area contributed by atoms with Crippen molar-refractivity contribution in [1.82, 2.24) is 15.2 Å². The number of ketones is 1. The van der Waals surface area contributed by atoms with Crippen molar-refractivity contribution in [2.24, 2.45) is 5.41 Å². The molecule has 1 aromatic carbocycles. The van der Waals surface area contributed by atoms with Gasteiger partial charge in [-0.2, -0.15) is 0 Å². The van der Waals surface area contributed by atoms with Crippen molar-refractivity contribution < 1.29 is 23.9 Å². The van der Waals surface area contributed by atoms with Crippen molar-refractivity contribution in [2.45, 2.75) is 39.2 Å². The van der Waals surface area contributed by atoms with Gasteiger partial charge in [-0.15, -0.1) is 0 Å². The predicted molar refractivity (Wildman–Crippen MR) is 151 cm³/mol. The van der Waals surface area contributed by atoms with E-state index in [2.05, 4.69) is 31.5 Å². The highest BCUT2D eigenvalue weighted by molar-refractivity contribution is 9.12. The molecule has 2 aliphatic rings. The average molecular weight is 638 g/mol. The molecule has 1 spiro atoms. The zero-order valence-corrected chi connectivity index (χ0v) is 24.5. The molecule has 0 unspecified atom stereocenters. The van der Waals surface area contributed by atoms with Gasteiger partial charge < -0.3 is 20.3 Å². The molecule has 39 heavy (non-hydrogen) atoms. The topological polar surface area (TPSA) is 118 Å². The van der Waals surface area contributed by atoms with Gasteiger partial charge in [0.05, 0.1) is 32.1 Å². The summed E-state index contributed by atoms with van der Waals surface area (Å²) >= 11 is 15.5. The molecule has 2 N–H and O–H groups in total. The van der Waals surface area contributed by atoms with Gasteiger partial charge >= 0.3 is 5.97 Å². The molecule has 206 valence electrons. The smallest absolute Gasteiger partial charge is 0.328 e. The van der Waals surface area contributed by atoms with Crippen molar-refractivity contribution in [3.05, 3.63) is 68.0 Å². The van der Waals surface area contributed by atoms with E-state index in [0.717, 1.165) is 5.56 Å². The number of carbonyl (C=O) groups excluding carboxylic acids is 4. The third kappa shape index (κ3) is 5.97. The zero-order valence-electron chi connectivity index (χ0n) is 21.4. The minimum absolute atomic E-state index is 0.0229. The molecular formula is C27H27BrCl2N4O5. The molecule has 4 rings (SSSR count). The Bertz CT molecular complexity index is 1320. The second kappa shape index (κ2) is 12.1. The second-order valence-corrected chi connectivity index (χ2v) is 11.0. The first-order valence-corrected chi connectivity index (χ1v) is 13.9. The molecule has 0 bridgehead atoms. The second-order valence-electron chi connectivity index (χ2n) is 9.39. The van der Waals surface area contributed by atoms with Gasteiger partial charge in [0.25, 0.3) is 5.91 Å². The molecule has 1 atom stereocenters. The number of amides is 2. The molecule has 0 radical (unpaired) electrons. The quantitative estimate of drug-likeness (QED) is 0.409. The van der Waals surface area contributed by atoms with Gasteiger partial charge in [0.15, 0.2) is 5.78 Å². The molecule has 2 aromatic rings. The number of likely N-dealkylation sites (tertiary alicyclic amines) is 1. The molecule has 0 saturated carbocycles. The number of halogens is 3. The Morgan fingerprint density at radius 1 is 1.13 bits per heavy atom. The van der Waals surface area contributed by atoms with Crippen LogP contribution in [0.15, 0.2) is 46.8 Å². The summed E-state index contributed by atoms with van der Waals surface area (Å²) in [6.07, 6.45) is 3.93. The maximum atomic E-state index is 12.9. The van der Waals surface area contributed by atoms with E-state index in [0.29, 0.717) is 41.8 Å². The summed E-state index contributed by atoms with van der Waals surface area (Å²) in [5.41, 5.74) is 1.37. The van der Waals surface area contributed by atoms with Crippen molar-refractivity contribution >= 4 is 68.4 Å².